The van der Waals surface area contributed by atoms with Crippen LogP contribution >= 0.6 is 0 Å². The number of ether oxygens (including phenoxy) is 1. The predicted octanol–water partition coefficient (Wildman–Crippen LogP) is 4.33. The number of benzene rings is 1. The van der Waals surface area contributed by atoms with Gasteiger partial charge in [-0.25, -0.2) is 13.9 Å². The van der Waals surface area contributed by atoms with Gasteiger partial charge in [-0.05, 0) is 37.3 Å². The van der Waals surface area contributed by atoms with Crippen LogP contribution in [0.5, 0.6) is 5.75 Å². The van der Waals surface area contributed by atoms with E-state index in [-0.39, 0.29) is 5.75 Å². The molecule has 120 valence electrons. The molecule has 0 aliphatic heterocycles. The number of fused-ring (bicyclic) bond motifs is 1. The number of aromatic nitrogens is 3. The Balaban J connectivity index is 1.95. The fourth-order valence-corrected chi connectivity index (χ4v) is 2.16. The lowest BCUT2D eigenvalue weighted by atomic mass is 10.1. The molecule has 0 bridgehead atoms. The van der Waals surface area contributed by atoms with Crippen LogP contribution in [0.4, 0.5) is 17.6 Å². The maximum Gasteiger partial charge on any atom is 0.573 e. The summed E-state index contributed by atoms with van der Waals surface area (Å²) in [7, 11) is 0. The molecule has 1 atom stereocenters. The first kappa shape index (κ1) is 15.3. The van der Waals surface area contributed by atoms with Crippen molar-refractivity contribution in [3.63, 3.8) is 0 Å². The molecule has 0 saturated heterocycles. The van der Waals surface area contributed by atoms with Crippen molar-refractivity contribution in [2.45, 2.75) is 19.5 Å². The van der Waals surface area contributed by atoms with Crippen molar-refractivity contribution >= 4 is 5.65 Å². The molecule has 4 nitrogen and oxygen atoms in total. The van der Waals surface area contributed by atoms with Gasteiger partial charge in [-0.15, -0.1) is 13.2 Å². The van der Waals surface area contributed by atoms with E-state index in [4.69, 9.17) is 0 Å². The van der Waals surface area contributed by atoms with Gasteiger partial charge in [0.1, 0.15) is 11.9 Å². The van der Waals surface area contributed by atoms with Crippen molar-refractivity contribution < 1.29 is 22.3 Å². The number of nitrogens with zero attached hydrogens (tertiary/aromatic N) is 3. The number of rotatable bonds is 3. The lowest BCUT2D eigenvalue weighted by Gasteiger charge is -2.09. The maximum absolute atomic E-state index is 13.5. The van der Waals surface area contributed by atoms with E-state index in [1.54, 1.807) is 12.3 Å². The molecule has 2 heterocycles. The summed E-state index contributed by atoms with van der Waals surface area (Å²) in [6.45, 7) is 1.38. The van der Waals surface area contributed by atoms with E-state index in [1.165, 1.54) is 41.9 Å². The van der Waals surface area contributed by atoms with Crippen LogP contribution in [0.2, 0.25) is 0 Å². The molecule has 0 N–H and O–H groups in total. The van der Waals surface area contributed by atoms with Crippen LogP contribution in [0, 0.1) is 0 Å². The van der Waals surface area contributed by atoms with E-state index in [9.17, 15) is 17.6 Å². The van der Waals surface area contributed by atoms with E-state index in [0.717, 1.165) is 0 Å². The van der Waals surface area contributed by atoms with Crippen LogP contribution < -0.4 is 4.74 Å². The van der Waals surface area contributed by atoms with E-state index >= 15 is 0 Å². The molecule has 1 unspecified atom stereocenters. The minimum absolute atomic E-state index is 0.315. The fourth-order valence-electron chi connectivity index (χ4n) is 2.16. The molecular formula is C15H11F4N3O. The Labute approximate surface area is 128 Å². The van der Waals surface area contributed by atoms with Crippen molar-refractivity contribution in [3.8, 4) is 17.0 Å². The van der Waals surface area contributed by atoms with Crippen LogP contribution in [0.15, 0.2) is 42.7 Å². The van der Waals surface area contributed by atoms with Crippen molar-refractivity contribution in [3.05, 3.63) is 48.3 Å². The Bertz CT molecular complexity index is 825. The van der Waals surface area contributed by atoms with E-state index in [1.807, 2.05) is 0 Å². The van der Waals surface area contributed by atoms with Gasteiger partial charge in [0.25, 0.3) is 0 Å². The molecule has 0 aliphatic carbocycles. The zero-order valence-corrected chi connectivity index (χ0v) is 11.9. The first-order chi connectivity index (χ1) is 10.8. The van der Waals surface area contributed by atoms with Gasteiger partial charge in [-0.1, -0.05) is 0 Å². The van der Waals surface area contributed by atoms with Gasteiger partial charge in [0.15, 0.2) is 5.65 Å². The molecule has 8 heteroatoms. The fraction of sp³-hybridized carbons (Fsp3) is 0.200. The third-order valence-electron chi connectivity index (χ3n) is 3.21. The SMILES string of the molecule is CC(F)c1cnn2ccc(-c3ccc(OC(F)(F)F)cc3)nc12. The zero-order valence-electron chi connectivity index (χ0n) is 11.9. The van der Waals surface area contributed by atoms with Crippen LogP contribution in [0.25, 0.3) is 16.9 Å². The Kier molecular flexibility index (Phi) is 3.67. The number of halogens is 4. The van der Waals surface area contributed by atoms with Crippen molar-refractivity contribution in [1.82, 2.24) is 14.6 Å². The normalized spacial score (nSPS) is 13.3. The maximum atomic E-state index is 13.5. The average Bonchev–Trinajstić information content (AvgIpc) is 2.89. The Morgan fingerprint density at radius 2 is 1.83 bits per heavy atom. The highest BCUT2D eigenvalue weighted by Crippen LogP contribution is 2.27. The summed E-state index contributed by atoms with van der Waals surface area (Å²) in [4.78, 5) is 4.33. The van der Waals surface area contributed by atoms with Crippen molar-refractivity contribution in [2.24, 2.45) is 0 Å². The summed E-state index contributed by atoms with van der Waals surface area (Å²) >= 11 is 0. The molecule has 0 spiro atoms. The summed E-state index contributed by atoms with van der Waals surface area (Å²) in [5.74, 6) is -0.315. The molecule has 3 rings (SSSR count). The molecule has 3 aromatic rings. The highest BCUT2D eigenvalue weighted by atomic mass is 19.4. The molecule has 2 aromatic heterocycles. The topological polar surface area (TPSA) is 39.4 Å². The third-order valence-corrected chi connectivity index (χ3v) is 3.21. The molecular weight excluding hydrogens is 314 g/mol. The predicted molar refractivity (Wildman–Crippen MR) is 74.6 cm³/mol. The molecule has 0 fully saturated rings. The first-order valence-electron chi connectivity index (χ1n) is 6.68. The number of alkyl halides is 4. The largest absolute Gasteiger partial charge is 0.573 e. The molecule has 0 aliphatic rings. The van der Waals surface area contributed by atoms with Crippen LogP contribution in [-0.2, 0) is 0 Å². The third kappa shape index (κ3) is 3.25. The van der Waals surface area contributed by atoms with Gasteiger partial charge < -0.3 is 4.74 Å². The number of hydrogen-bond acceptors (Lipinski definition) is 3. The Morgan fingerprint density at radius 3 is 2.43 bits per heavy atom. The lowest BCUT2D eigenvalue weighted by molar-refractivity contribution is -0.274. The van der Waals surface area contributed by atoms with Crippen LogP contribution in [-0.4, -0.2) is 21.0 Å². The first-order valence-corrected chi connectivity index (χ1v) is 6.68. The lowest BCUT2D eigenvalue weighted by Crippen LogP contribution is -2.16. The van der Waals surface area contributed by atoms with Crippen LogP contribution in [0.1, 0.15) is 18.7 Å². The smallest absolute Gasteiger partial charge is 0.406 e. The molecule has 23 heavy (non-hydrogen) atoms. The van der Waals surface area contributed by atoms with Gasteiger partial charge in [0, 0.05) is 11.8 Å². The molecule has 0 amide bonds. The average molecular weight is 325 g/mol. The number of hydrogen-bond donors (Lipinski definition) is 0. The summed E-state index contributed by atoms with van der Waals surface area (Å²) < 4.78 is 55.2. The summed E-state index contributed by atoms with van der Waals surface area (Å²) in [6, 6.07) is 6.95. The molecule has 1 aromatic carbocycles. The van der Waals surface area contributed by atoms with Gasteiger partial charge in [-0.3, -0.25) is 0 Å². The summed E-state index contributed by atoms with van der Waals surface area (Å²) in [5.41, 5.74) is 1.80. The monoisotopic (exact) mass is 325 g/mol. The van der Waals surface area contributed by atoms with Gasteiger partial charge >= 0.3 is 6.36 Å². The minimum Gasteiger partial charge on any atom is -0.406 e. The quantitative estimate of drug-likeness (QED) is 0.673. The van der Waals surface area contributed by atoms with Gasteiger partial charge in [0.2, 0.25) is 0 Å². The highest BCUT2D eigenvalue weighted by molar-refractivity contribution is 5.63. The molecule has 0 radical (unpaired) electrons. The van der Waals surface area contributed by atoms with Crippen molar-refractivity contribution in [1.29, 1.82) is 0 Å². The van der Waals surface area contributed by atoms with Gasteiger partial charge in [-0.2, -0.15) is 5.10 Å². The van der Waals surface area contributed by atoms with E-state index in [0.29, 0.717) is 22.5 Å². The second-order valence-corrected chi connectivity index (χ2v) is 4.87. The second kappa shape index (κ2) is 5.53. The summed E-state index contributed by atoms with van der Waals surface area (Å²) in [5, 5.41) is 4.00. The second-order valence-electron chi connectivity index (χ2n) is 4.87. The standard InChI is InChI=1S/C15H11F4N3O/c1-9(16)12-8-20-22-7-6-13(21-14(12)22)10-2-4-11(5-3-10)23-15(17,18)19/h2-9H,1H3. The molecule has 0 saturated carbocycles. The van der Waals surface area contributed by atoms with E-state index in [2.05, 4.69) is 14.8 Å². The summed E-state index contributed by atoms with van der Waals surface area (Å²) in [6.07, 6.45) is -2.94. The minimum atomic E-state index is -4.73. The van der Waals surface area contributed by atoms with Crippen molar-refractivity contribution in [2.75, 3.05) is 0 Å². The Morgan fingerprint density at radius 1 is 1.13 bits per heavy atom. The van der Waals surface area contributed by atoms with Crippen LogP contribution in [0.3, 0.4) is 0 Å². The zero-order chi connectivity index (χ0) is 16.6. The Hall–Kier alpha value is -2.64. The van der Waals surface area contributed by atoms with Gasteiger partial charge in [0.05, 0.1) is 17.5 Å². The highest BCUT2D eigenvalue weighted by Gasteiger charge is 2.31. The van der Waals surface area contributed by atoms with E-state index < -0.39 is 12.5 Å².